The number of alkyl halides is 2. The van der Waals surface area contributed by atoms with Crippen molar-refractivity contribution < 1.29 is 13.6 Å². The van der Waals surface area contributed by atoms with Crippen LogP contribution in [-0.2, 0) is 4.79 Å². The second-order valence-electron chi connectivity index (χ2n) is 2.92. The van der Waals surface area contributed by atoms with E-state index in [1.807, 2.05) is 5.32 Å². The van der Waals surface area contributed by atoms with Crippen molar-refractivity contribution in [2.45, 2.75) is 6.43 Å². The van der Waals surface area contributed by atoms with Crippen molar-refractivity contribution in [3.8, 4) is 0 Å². The zero-order chi connectivity index (χ0) is 11.7. The lowest BCUT2D eigenvalue weighted by Gasteiger charge is -1.97. The molecule has 0 bridgehead atoms. The molecule has 16 heavy (non-hydrogen) atoms. The fourth-order valence-electron chi connectivity index (χ4n) is 1.11. The number of benzene rings is 1. The van der Waals surface area contributed by atoms with E-state index >= 15 is 0 Å². The van der Waals surface area contributed by atoms with E-state index in [4.69, 9.17) is 11.6 Å². The van der Waals surface area contributed by atoms with Gasteiger partial charge < -0.3 is 0 Å². The van der Waals surface area contributed by atoms with Gasteiger partial charge in [0.2, 0.25) is 0 Å². The summed E-state index contributed by atoms with van der Waals surface area (Å²) in [5.74, 6) is -1.36. The maximum Gasteiger partial charge on any atom is 0.315 e. The minimum atomic E-state index is -3.05. The molecule has 0 spiro atoms. The summed E-state index contributed by atoms with van der Waals surface area (Å²) in [6, 6.07) is 4.96. The van der Waals surface area contributed by atoms with E-state index in [9.17, 15) is 13.6 Å². The summed E-state index contributed by atoms with van der Waals surface area (Å²) in [5.41, 5.74) is 0.610. The summed E-state index contributed by atoms with van der Waals surface area (Å²) >= 11 is 6.85. The van der Waals surface area contributed by atoms with Crippen LogP contribution in [0.1, 0.15) is 0 Å². The van der Waals surface area contributed by atoms with Gasteiger partial charge in [-0.2, -0.15) is 8.78 Å². The van der Waals surface area contributed by atoms with E-state index in [0.717, 1.165) is 16.0 Å². The third-order valence-corrected chi connectivity index (χ3v) is 2.95. The fourth-order valence-corrected chi connectivity index (χ4v) is 2.26. The molecule has 0 radical (unpaired) electrons. The molecule has 1 aromatic carbocycles. The lowest BCUT2D eigenvalue weighted by Crippen LogP contribution is -2.19. The van der Waals surface area contributed by atoms with E-state index in [1.54, 1.807) is 18.2 Å². The van der Waals surface area contributed by atoms with Crippen LogP contribution in [0.3, 0.4) is 0 Å². The average molecular weight is 263 g/mol. The van der Waals surface area contributed by atoms with E-state index in [0.29, 0.717) is 10.5 Å². The van der Waals surface area contributed by atoms with Crippen molar-refractivity contribution in [1.29, 1.82) is 0 Å². The van der Waals surface area contributed by atoms with Gasteiger partial charge in [0.05, 0.1) is 10.2 Å². The number of nitrogens with zero attached hydrogens (tertiary/aromatic N) is 1. The van der Waals surface area contributed by atoms with Crippen molar-refractivity contribution in [1.82, 2.24) is 4.98 Å². The summed E-state index contributed by atoms with van der Waals surface area (Å²) in [6.45, 7) is 0. The monoisotopic (exact) mass is 262 g/mol. The van der Waals surface area contributed by atoms with Crippen LogP contribution in [0.4, 0.5) is 13.9 Å². The number of hydrogen-bond acceptors (Lipinski definition) is 3. The van der Waals surface area contributed by atoms with Gasteiger partial charge in [0, 0.05) is 5.02 Å². The number of amides is 1. The fraction of sp³-hybridized carbons (Fsp3) is 0.111. The van der Waals surface area contributed by atoms with E-state index < -0.39 is 12.3 Å². The molecule has 84 valence electrons. The predicted octanol–water partition coefficient (Wildman–Crippen LogP) is 3.15. The molecule has 7 heteroatoms. The van der Waals surface area contributed by atoms with Crippen LogP contribution in [0.5, 0.6) is 0 Å². The Kier molecular flexibility index (Phi) is 3.02. The average Bonchev–Trinajstić information content (AvgIpc) is 2.58. The van der Waals surface area contributed by atoms with Gasteiger partial charge in [-0.3, -0.25) is 10.1 Å². The Morgan fingerprint density at radius 1 is 1.50 bits per heavy atom. The first-order valence-electron chi connectivity index (χ1n) is 4.21. The summed E-state index contributed by atoms with van der Waals surface area (Å²) in [5, 5.41) is 2.70. The Morgan fingerprint density at radius 3 is 2.94 bits per heavy atom. The maximum absolute atomic E-state index is 12.0. The molecule has 1 N–H and O–H groups in total. The second-order valence-corrected chi connectivity index (χ2v) is 4.39. The number of rotatable bonds is 2. The highest BCUT2D eigenvalue weighted by atomic mass is 35.5. The summed E-state index contributed by atoms with van der Waals surface area (Å²) < 4.78 is 24.7. The minimum absolute atomic E-state index is 0.141. The summed E-state index contributed by atoms with van der Waals surface area (Å²) in [4.78, 5) is 14.7. The Hall–Kier alpha value is -1.27. The topological polar surface area (TPSA) is 42.0 Å². The van der Waals surface area contributed by atoms with Crippen molar-refractivity contribution >= 4 is 44.2 Å². The Labute approximate surface area is 98.0 Å². The Balaban J connectivity index is 2.29. The van der Waals surface area contributed by atoms with Crippen LogP contribution in [0, 0.1) is 0 Å². The number of carbonyl (C=O) groups is 1. The molecule has 0 unspecified atom stereocenters. The van der Waals surface area contributed by atoms with Gasteiger partial charge in [-0.25, -0.2) is 4.98 Å². The summed E-state index contributed by atoms with van der Waals surface area (Å²) in [7, 11) is 0. The Bertz CT molecular complexity index is 543. The number of fused-ring (bicyclic) bond motifs is 1. The standard InChI is InChI=1S/C9H5ClF2N2OS/c10-4-1-2-5-6(3-4)16-9(13-5)14-8(15)7(11)12/h1-3,7H,(H,13,14,15). The Morgan fingerprint density at radius 2 is 2.25 bits per heavy atom. The summed E-state index contributed by atoms with van der Waals surface area (Å²) in [6.07, 6.45) is -3.05. The molecule has 0 saturated carbocycles. The highest BCUT2D eigenvalue weighted by Gasteiger charge is 2.16. The highest BCUT2D eigenvalue weighted by molar-refractivity contribution is 7.22. The second kappa shape index (κ2) is 4.31. The molecule has 2 aromatic rings. The van der Waals surface area contributed by atoms with Crippen molar-refractivity contribution in [3.05, 3.63) is 23.2 Å². The van der Waals surface area contributed by atoms with Gasteiger partial charge in [0.15, 0.2) is 5.13 Å². The third kappa shape index (κ3) is 2.28. The van der Waals surface area contributed by atoms with Crippen LogP contribution in [-0.4, -0.2) is 17.3 Å². The SMILES string of the molecule is O=C(Nc1nc2ccc(Cl)cc2s1)C(F)F. The third-order valence-electron chi connectivity index (χ3n) is 1.78. The molecule has 3 nitrogen and oxygen atoms in total. The quantitative estimate of drug-likeness (QED) is 0.903. The van der Waals surface area contributed by atoms with Crippen LogP contribution in [0.25, 0.3) is 10.2 Å². The van der Waals surface area contributed by atoms with Gasteiger partial charge in [-0.15, -0.1) is 0 Å². The van der Waals surface area contributed by atoms with Gasteiger partial charge >= 0.3 is 6.43 Å². The molecule has 0 aliphatic rings. The number of anilines is 1. The van der Waals surface area contributed by atoms with Crippen LogP contribution in [0.2, 0.25) is 5.02 Å². The van der Waals surface area contributed by atoms with E-state index in [2.05, 4.69) is 4.98 Å². The van der Waals surface area contributed by atoms with Gasteiger partial charge in [0.1, 0.15) is 0 Å². The number of carbonyl (C=O) groups excluding carboxylic acids is 1. The van der Waals surface area contributed by atoms with Crippen LogP contribution < -0.4 is 5.32 Å². The number of aromatic nitrogens is 1. The van der Waals surface area contributed by atoms with Crippen molar-refractivity contribution in [2.75, 3.05) is 5.32 Å². The largest absolute Gasteiger partial charge is 0.315 e. The molecule has 0 fully saturated rings. The predicted molar refractivity (Wildman–Crippen MR) is 59.3 cm³/mol. The number of halogens is 3. The normalized spacial score (nSPS) is 11.0. The molecular weight excluding hydrogens is 258 g/mol. The zero-order valence-corrected chi connectivity index (χ0v) is 9.28. The number of thiazole rings is 1. The van der Waals surface area contributed by atoms with E-state index in [-0.39, 0.29) is 5.13 Å². The van der Waals surface area contributed by atoms with Crippen LogP contribution >= 0.6 is 22.9 Å². The van der Waals surface area contributed by atoms with Gasteiger partial charge in [-0.1, -0.05) is 22.9 Å². The molecule has 1 amide bonds. The maximum atomic E-state index is 12.0. The van der Waals surface area contributed by atoms with Gasteiger partial charge in [-0.05, 0) is 18.2 Å². The molecule has 0 aliphatic heterocycles. The van der Waals surface area contributed by atoms with Crippen LogP contribution in [0.15, 0.2) is 18.2 Å². The van der Waals surface area contributed by atoms with E-state index in [1.165, 1.54) is 0 Å². The number of nitrogens with one attached hydrogen (secondary N) is 1. The zero-order valence-electron chi connectivity index (χ0n) is 7.71. The van der Waals surface area contributed by atoms with Crippen molar-refractivity contribution in [2.24, 2.45) is 0 Å². The molecule has 1 aromatic heterocycles. The molecule has 0 atom stereocenters. The lowest BCUT2D eigenvalue weighted by molar-refractivity contribution is -0.126. The number of hydrogen-bond donors (Lipinski definition) is 1. The first-order chi connectivity index (χ1) is 7.56. The minimum Gasteiger partial charge on any atom is -0.297 e. The smallest absolute Gasteiger partial charge is 0.297 e. The molecule has 0 aliphatic carbocycles. The van der Waals surface area contributed by atoms with Crippen molar-refractivity contribution in [3.63, 3.8) is 0 Å². The molecule has 1 heterocycles. The highest BCUT2D eigenvalue weighted by Crippen LogP contribution is 2.28. The first-order valence-corrected chi connectivity index (χ1v) is 5.41. The van der Waals surface area contributed by atoms with Gasteiger partial charge in [0.25, 0.3) is 5.91 Å². The molecular formula is C9H5ClF2N2OS. The first kappa shape index (κ1) is 11.2. The molecule has 0 saturated heterocycles. The lowest BCUT2D eigenvalue weighted by atomic mass is 10.3. The molecule has 2 rings (SSSR count).